The molecular formula is C9H7N3O4. The summed E-state index contributed by atoms with van der Waals surface area (Å²) in [4.78, 5) is 24.1. The number of anilines is 1. The fraction of sp³-hybridized carbons (Fsp3) is 0.111. The Kier molecular flexibility index (Phi) is 3.40. The minimum absolute atomic E-state index is 0.0247. The number of nitrogens with zero attached hydrogens (tertiary/aromatic N) is 2. The van der Waals surface area contributed by atoms with E-state index >= 15 is 0 Å². The molecule has 0 saturated heterocycles. The number of aromatic carboxylic acids is 1. The Balaban J connectivity index is 3.16. The SMILES string of the molecule is C#CCNc1nc(C(=O)O)ccc1[N+](=O)[O-]. The first-order chi connectivity index (χ1) is 7.56. The van der Waals surface area contributed by atoms with Crippen LogP contribution in [0.1, 0.15) is 10.5 Å². The van der Waals surface area contributed by atoms with Crippen LogP contribution in [0.4, 0.5) is 11.5 Å². The number of terminal acetylenes is 1. The molecule has 1 aromatic rings. The number of rotatable bonds is 4. The predicted octanol–water partition coefficient (Wildman–Crippen LogP) is 0.733. The molecule has 7 nitrogen and oxygen atoms in total. The molecule has 0 bridgehead atoms. The minimum Gasteiger partial charge on any atom is -0.477 e. The second-order valence-corrected chi connectivity index (χ2v) is 2.68. The number of hydrogen-bond donors (Lipinski definition) is 2. The van der Waals surface area contributed by atoms with Gasteiger partial charge in [0.05, 0.1) is 11.5 Å². The number of carboxylic acid groups (broad SMARTS) is 1. The average Bonchev–Trinajstić information content (AvgIpc) is 2.25. The fourth-order valence-electron chi connectivity index (χ4n) is 0.983. The van der Waals surface area contributed by atoms with E-state index in [0.717, 1.165) is 12.1 Å². The van der Waals surface area contributed by atoms with Crippen molar-refractivity contribution in [2.24, 2.45) is 0 Å². The van der Waals surface area contributed by atoms with E-state index in [9.17, 15) is 14.9 Å². The first-order valence-electron chi connectivity index (χ1n) is 4.12. The van der Waals surface area contributed by atoms with E-state index in [1.807, 2.05) is 0 Å². The summed E-state index contributed by atoms with van der Waals surface area (Å²) in [6.07, 6.45) is 4.97. The zero-order chi connectivity index (χ0) is 12.1. The summed E-state index contributed by atoms with van der Waals surface area (Å²) in [6.45, 7) is 0.0247. The van der Waals surface area contributed by atoms with Crippen LogP contribution in [0.15, 0.2) is 12.1 Å². The third kappa shape index (κ3) is 2.45. The molecule has 0 saturated carbocycles. The van der Waals surface area contributed by atoms with Gasteiger partial charge in [0.25, 0.3) is 0 Å². The maximum atomic E-state index is 10.6. The van der Waals surface area contributed by atoms with Gasteiger partial charge < -0.3 is 10.4 Å². The molecule has 0 aliphatic heterocycles. The number of carboxylic acids is 1. The van der Waals surface area contributed by atoms with Gasteiger partial charge in [-0.05, 0) is 6.07 Å². The maximum absolute atomic E-state index is 10.6. The lowest BCUT2D eigenvalue weighted by atomic mass is 10.3. The average molecular weight is 221 g/mol. The van der Waals surface area contributed by atoms with Gasteiger partial charge in [0.2, 0.25) is 5.82 Å². The maximum Gasteiger partial charge on any atom is 0.354 e. The molecule has 0 aromatic carbocycles. The predicted molar refractivity (Wildman–Crippen MR) is 55.2 cm³/mol. The largest absolute Gasteiger partial charge is 0.477 e. The smallest absolute Gasteiger partial charge is 0.354 e. The molecule has 82 valence electrons. The molecule has 0 fully saturated rings. The number of nitro groups is 1. The van der Waals surface area contributed by atoms with Gasteiger partial charge in [-0.1, -0.05) is 5.92 Å². The summed E-state index contributed by atoms with van der Waals surface area (Å²) in [6, 6.07) is 2.12. The molecule has 1 aromatic heterocycles. The third-order valence-corrected chi connectivity index (χ3v) is 1.65. The van der Waals surface area contributed by atoms with Gasteiger partial charge in [-0.25, -0.2) is 9.78 Å². The second kappa shape index (κ2) is 4.75. The second-order valence-electron chi connectivity index (χ2n) is 2.68. The van der Waals surface area contributed by atoms with Gasteiger partial charge in [0.15, 0.2) is 5.69 Å². The highest BCUT2D eigenvalue weighted by Gasteiger charge is 2.17. The normalized spacial score (nSPS) is 9.19. The Morgan fingerprint density at radius 2 is 2.38 bits per heavy atom. The summed E-state index contributed by atoms with van der Waals surface area (Å²) in [7, 11) is 0. The van der Waals surface area contributed by atoms with Gasteiger partial charge in [0, 0.05) is 6.07 Å². The van der Waals surface area contributed by atoms with Crippen molar-refractivity contribution in [3.8, 4) is 12.3 Å². The van der Waals surface area contributed by atoms with Crippen LogP contribution < -0.4 is 5.32 Å². The first kappa shape index (κ1) is 11.5. The van der Waals surface area contributed by atoms with Crippen molar-refractivity contribution in [3.05, 3.63) is 27.9 Å². The molecule has 2 N–H and O–H groups in total. The first-order valence-corrected chi connectivity index (χ1v) is 4.12. The number of carbonyl (C=O) groups is 1. The zero-order valence-corrected chi connectivity index (χ0v) is 8.01. The van der Waals surface area contributed by atoms with Crippen molar-refractivity contribution >= 4 is 17.5 Å². The summed E-state index contributed by atoms with van der Waals surface area (Å²) in [5, 5.41) is 21.7. The summed E-state index contributed by atoms with van der Waals surface area (Å²) < 4.78 is 0. The number of aromatic nitrogens is 1. The van der Waals surface area contributed by atoms with Crippen LogP contribution in [0.2, 0.25) is 0 Å². The molecule has 0 aliphatic rings. The van der Waals surface area contributed by atoms with E-state index in [1.165, 1.54) is 0 Å². The lowest BCUT2D eigenvalue weighted by Crippen LogP contribution is -2.08. The van der Waals surface area contributed by atoms with E-state index in [0.29, 0.717) is 0 Å². The molecule has 0 amide bonds. The Morgan fingerprint density at radius 3 is 2.88 bits per heavy atom. The molecule has 1 rings (SSSR count). The minimum atomic E-state index is -1.27. The van der Waals surface area contributed by atoms with Crippen LogP contribution in [-0.4, -0.2) is 27.5 Å². The molecule has 1 heterocycles. The van der Waals surface area contributed by atoms with Gasteiger partial charge in [-0.15, -0.1) is 6.42 Å². The number of nitrogens with one attached hydrogen (secondary N) is 1. The Bertz CT molecular complexity index is 478. The van der Waals surface area contributed by atoms with Crippen molar-refractivity contribution in [2.75, 3.05) is 11.9 Å². The molecule has 0 spiro atoms. The van der Waals surface area contributed by atoms with Gasteiger partial charge >= 0.3 is 11.7 Å². The quantitative estimate of drug-likeness (QED) is 0.441. The molecular weight excluding hydrogens is 214 g/mol. The van der Waals surface area contributed by atoms with Crippen molar-refractivity contribution in [3.63, 3.8) is 0 Å². The van der Waals surface area contributed by atoms with E-state index < -0.39 is 10.9 Å². The molecule has 0 unspecified atom stereocenters. The van der Waals surface area contributed by atoms with Crippen LogP contribution in [0, 0.1) is 22.5 Å². The van der Waals surface area contributed by atoms with Crippen LogP contribution in [-0.2, 0) is 0 Å². The Morgan fingerprint density at radius 1 is 1.69 bits per heavy atom. The van der Waals surface area contributed by atoms with Crippen molar-refractivity contribution in [1.29, 1.82) is 0 Å². The van der Waals surface area contributed by atoms with Gasteiger partial charge in [-0.2, -0.15) is 0 Å². The Labute approximate surface area is 90.3 Å². The highest BCUT2D eigenvalue weighted by molar-refractivity contribution is 5.86. The monoisotopic (exact) mass is 221 g/mol. The van der Waals surface area contributed by atoms with Crippen LogP contribution in [0.5, 0.6) is 0 Å². The van der Waals surface area contributed by atoms with Crippen LogP contribution in [0.3, 0.4) is 0 Å². The van der Waals surface area contributed by atoms with E-state index in [-0.39, 0.29) is 23.7 Å². The third-order valence-electron chi connectivity index (χ3n) is 1.65. The number of hydrogen-bond acceptors (Lipinski definition) is 5. The fourth-order valence-corrected chi connectivity index (χ4v) is 0.983. The molecule has 7 heteroatoms. The highest BCUT2D eigenvalue weighted by Crippen LogP contribution is 2.21. The summed E-state index contributed by atoms with van der Waals surface area (Å²) in [5.74, 6) is 0.795. The van der Waals surface area contributed by atoms with Crippen molar-refractivity contribution in [2.45, 2.75) is 0 Å². The summed E-state index contributed by atoms with van der Waals surface area (Å²) >= 11 is 0. The van der Waals surface area contributed by atoms with Crippen molar-refractivity contribution in [1.82, 2.24) is 4.98 Å². The van der Waals surface area contributed by atoms with Crippen LogP contribution >= 0.6 is 0 Å². The zero-order valence-electron chi connectivity index (χ0n) is 8.01. The molecule has 16 heavy (non-hydrogen) atoms. The van der Waals surface area contributed by atoms with E-state index in [4.69, 9.17) is 11.5 Å². The standard InChI is InChI=1S/C9H7N3O4/c1-2-5-10-8-7(12(15)16)4-3-6(11-8)9(13)14/h1,3-4H,5H2,(H,10,11)(H,13,14). The van der Waals surface area contributed by atoms with Crippen LogP contribution in [0.25, 0.3) is 0 Å². The molecule has 0 aliphatic carbocycles. The van der Waals surface area contributed by atoms with Crippen molar-refractivity contribution < 1.29 is 14.8 Å². The topological polar surface area (TPSA) is 105 Å². The van der Waals surface area contributed by atoms with E-state index in [1.54, 1.807) is 0 Å². The lowest BCUT2D eigenvalue weighted by molar-refractivity contribution is -0.384. The van der Waals surface area contributed by atoms with Gasteiger partial charge in [0.1, 0.15) is 0 Å². The number of pyridine rings is 1. The van der Waals surface area contributed by atoms with Gasteiger partial charge in [-0.3, -0.25) is 10.1 Å². The highest BCUT2D eigenvalue weighted by atomic mass is 16.6. The Hall–Kier alpha value is -2.62. The molecule has 0 radical (unpaired) electrons. The van der Waals surface area contributed by atoms with E-state index in [2.05, 4.69) is 16.2 Å². The summed E-state index contributed by atoms with van der Waals surface area (Å²) in [5.41, 5.74) is -0.606. The lowest BCUT2D eigenvalue weighted by Gasteiger charge is -2.03. The molecule has 0 atom stereocenters.